The van der Waals surface area contributed by atoms with E-state index in [-0.39, 0.29) is 85.4 Å². The summed E-state index contributed by atoms with van der Waals surface area (Å²) >= 11 is 0. The lowest BCUT2D eigenvalue weighted by Crippen LogP contribution is -2.20. The van der Waals surface area contributed by atoms with Gasteiger partial charge in [0.25, 0.3) is 11.4 Å². The molecule has 0 radical (unpaired) electrons. The first-order valence-corrected chi connectivity index (χ1v) is 41.3. The lowest BCUT2D eigenvalue weighted by Gasteiger charge is -2.08. The standard InChI is InChI=1S/C11H10N2O5S.C10H12N2O8S2.2C10H11NO6S.3C6H6N2O5S/c1-7(14)9(6-12)4-8-2-3-11(10(15)5-8)18-19(13,16)17;1-18-10(13)5-2-7-6-8(19-21(11,14)15)3-4-9(7)20-22(12,16)17;1-16-10(13)5-2-7-6-8(3-4-9(7)12)17-18(11,14)15;1-16-10(13)5-2-7-6-8(12)3-4-9(7)17-18(11,14)15;7-14(11,12)13-6-3-1-5(2-4-6)8(9)10;7-14(11,12)13-6-3-1-2-5(4-6)8(9)10;7-14(11,12)13-6-4-2-1-3-5(6)8(9)10/h2-5,15H,1H3,(H2,13,16,17);2-6H,1H3,(H2,11,14,15)(H2,12,16,17);2*2-6,12H,1H3,(H2,11,14,15);3*1-4H,(H2,7,11,12)/b9-4+;3*5-2+;;;. The molecule has 60 heteroatoms. The van der Waals surface area contributed by atoms with Crippen LogP contribution in [0.1, 0.15) is 29.2 Å². The minimum Gasteiger partial charge on any atom is -0.508 e. The van der Waals surface area contributed by atoms with Gasteiger partial charge in [0, 0.05) is 59.2 Å². The number of hydrogen-bond donors (Lipinski definition) is 11. The van der Waals surface area contributed by atoms with Crippen LogP contribution in [0.2, 0.25) is 0 Å². The maximum atomic E-state index is 11.1. The zero-order valence-electron chi connectivity index (χ0n) is 60.0. The molecule has 646 valence electrons. The molecule has 119 heavy (non-hydrogen) atoms. The van der Waals surface area contributed by atoms with E-state index in [1.54, 1.807) is 6.07 Å². The summed E-state index contributed by atoms with van der Waals surface area (Å²) in [4.78, 5) is 72.7. The summed E-state index contributed by atoms with van der Waals surface area (Å²) < 4.78 is 219. The Morgan fingerprint density at radius 3 is 1.14 bits per heavy atom. The maximum absolute atomic E-state index is 11.1. The third-order valence-corrected chi connectivity index (χ3v) is 14.7. The minimum atomic E-state index is -4.33. The zero-order chi connectivity index (χ0) is 91.4. The normalized spacial score (nSPS) is 11.4. The van der Waals surface area contributed by atoms with Gasteiger partial charge in [-0.05, 0) is 128 Å². The van der Waals surface area contributed by atoms with Crippen molar-refractivity contribution in [2.75, 3.05) is 21.3 Å². The third kappa shape index (κ3) is 47.1. The summed E-state index contributed by atoms with van der Waals surface area (Å²) in [6, 6.07) is 30.1. The van der Waals surface area contributed by atoms with E-state index < -0.39 is 138 Å². The lowest BCUT2D eigenvalue weighted by atomic mass is 10.1. The summed E-state index contributed by atoms with van der Waals surface area (Å²) in [5.41, 5.74) is -0.318. The number of non-ortho nitro benzene ring substituents is 2. The Balaban J connectivity index is 0.000000698. The van der Waals surface area contributed by atoms with Crippen molar-refractivity contribution in [2.24, 2.45) is 41.1 Å². The fourth-order valence-electron chi connectivity index (χ4n) is 6.98. The van der Waals surface area contributed by atoms with Gasteiger partial charge in [0.1, 0.15) is 34.8 Å². The molecule has 0 aliphatic heterocycles. The first-order valence-electron chi connectivity index (χ1n) is 29.6. The van der Waals surface area contributed by atoms with Crippen molar-refractivity contribution < 1.29 is 164 Å². The highest BCUT2D eigenvalue weighted by Crippen LogP contribution is 2.32. The Morgan fingerprint density at radius 2 is 0.739 bits per heavy atom. The van der Waals surface area contributed by atoms with Crippen LogP contribution in [0.5, 0.6) is 63.2 Å². The summed E-state index contributed by atoms with van der Waals surface area (Å²) in [6.45, 7) is 1.23. The molecule has 52 nitrogen and oxygen atoms in total. The van der Waals surface area contributed by atoms with Crippen LogP contribution in [0.4, 0.5) is 17.1 Å². The van der Waals surface area contributed by atoms with E-state index in [0.717, 1.165) is 104 Å². The van der Waals surface area contributed by atoms with Gasteiger partial charge in [-0.2, -0.15) is 114 Å². The fraction of sp³-hybridized carbons (Fsp3) is 0.0678. The number of allylic oxidation sites excluding steroid dienone is 1. The second-order valence-corrected chi connectivity index (χ2v) is 29.7. The van der Waals surface area contributed by atoms with Gasteiger partial charge < -0.3 is 63.0 Å². The average Bonchev–Trinajstić information content (AvgIpc) is 0.831. The van der Waals surface area contributed by atoms with Crippen molar-refractivity contribution in [1.29, 1.82) is 5.26 Å². The van der Waals surface area contributed by atoms with Crippen LogP contribution in [0.3, 0.4) is 0 Å². The van der Waals surface area contributed by atoms with Gasteiger partial charge in [0.15, 0.2) is 34.5 Å². The predicted octanol–water partition coefficient (Wildman–Crippen LogP) is 0.361. The molecule has 7 aromatic rings. The second kappa shape index (κ2) is 46.2. The molecular formula is C59H62N12O40S8. The van der Waals surface area contributed by atoms with Crippen molar-refractivity contribution in [3.8, 4) is 69.3 Å². The Bertz CT molecular complexity index is 6030. The highest BCUT2D eigenvalue weighted by molar-refractivity contribution is 7.86. The molecule has 0 atom stereocenters. The van der Waals surface area contributed by atoms with Gasteiger partial charge in [-0.1, -0.05) is 24.3 Å². The number of esters is 3. The van der Waals surface area contributed by atoms with Crippen LogP contribution in [0.15, 0.2) is 169 Å². The number of nitro groups is 3. The molecule has 0 aromatic heterocycles. The molecular weight excluding hydrogens is 1770 g/mol. The second-order valence-electron chi connectivity index (χ2n) is 20.5. The van der Waals surface area contributed by atoms with Crippen molar-refractivity contribution in [1.82, 2.24) is 0 Å². The monoisotopic (exact) mass is 1830 g/mol. The molecule has 0 aliphatic rings. The van der Waals surface area contributed by atoms with Gasteiger partial charge in [0.2, 0.25) is 5.75 Å². The van der Waals surface area contributed by atoms with Crippen LogP contribution >= 0.6 is 0 Å². The predicted molar refractivity (Wildman–Crippen MR) is 407 cm³/mol. The van der Waals surface area contributed by atoms with E-state index in [4.69, 9.17) is 25.8 Å². The number of carbonyl (C=O) groups excluding carboxylic acids is 4. The summed E-state index contributed by atoms with van der Waals surface area (Å²) in [5, 5.41) is 105. The SMILES string of the molecule is CC(=O)/C(C#N)=C/c1ccc(OS(N)(=O)=O)c(O)c1.COC(=O)/C=C/c1cc(O)ccc1OS(N)(=O)=O.COC(=O)/C=C/c1cc(OS(N)(=O)=O)ccc1O.COC(=O)/C=C/c1cc(OS(N)(=O)=O)ccc1OS(N)(=O)=O.NS(=O)(=O)Oc1ccc([N+](=O)[O-])cc1.NS(=O)(=O)Oc1cccc([N+](=O)[O-])c1.NS(=O)(=O)Oc1ccccc1[N+](=O)[O-]. The molecule has 19 N–H and O–H groups in total. The highest BCUT2D eigenvalue weighted by atomic mass is 32.3. The van der Waals surface area contributed by atoms with Crippen LogP contribution in [0, 0.1) is 41.7 Å². The number of carbonyl (C=O) groups is 4. The van der Waals surface area contributed by atoms with Crippen LogP contribution < -0.4 is 74.6 Å². The molecule has 0 bridgehead atoms. The van der Waals surface area contributed by atoms with Crippen LogP contribution in [-0.2, 0) is 116 Å². The number of ether oxygens (including phenoxy) is 3. The molecule has 0 aliphatic carbocycles. The first-order chi connectivity index (χ1) is 54.5. The van der Waals surface area contributed by atoms with E-state index in [0.29, 0.717) is 5.56 Å². The number of nitriles is 1. The molecule has 0 saturated heterocycles. The maximum Gasteiger partial charge on any atom is 0.380 e. The molecule has 0 amide bonds. The smallest absolute Gasteiger partial charge is 0.380 e. The number of nitro benzene ring substituents is 3. The van der Waals surface area contributed by atoms with Gasteiger partial charge in [-0.15, -0.1) is 0 Å². The van der Waals surface area contributed by atoms with Gasteiger partial charge in [-0.3, -0.25) is 35.1 Å². The van der Waals surface area contributed by atoms with E-state index in [2.05, 4.69) is 68.2 Å². The quantitative estimate of drug-likeness (QED) is 0.00827. The number of methoxy groups -OCH3 is 3. The zero-order valence-corrected chi connectivity index (χ0v) is 66.6. The number of phenols is 3. The highest BCUT2D eigenvalue weighted by Gasteiger charge is 2.20. The lowest BCUT2D eigenvalue weighted by molar-refractivity contribution is -0.385. The number of nitrogens with zero attached hydrogens (tertiary/aromatic N) is 4. The van der Waals surface area contributed by atoms with Crippen LogP contribution in [0.25, 0.3) is 24.3 Å². The van der Waals surface area contributed by atoms with Crippen molar-refractivity contribution in [3.63, 3.8) is 0 Å². The fourth-order valence-corrected chi connectivity index (χ4v) is 10.1. The van der Waals surface area contributed by atoms with E-state index in [1.807, 2.05) is 0 Å². The Kier molecular flexibility index (Phi) is 40.1. The number of Topliss-reactive ketones (excluding diaryl/α,β-unsaturated/α-hetero) is 1. The van der Waals surface area contributed by atoms with E-state index in [1.165, 1.54) is 112 Å². The largest absolute Gasteiger partial charge is 0.508 e. The minimum absolute atomic E-state index is 0.0134. The van der Waals surface area contributed by atoms with Gasteiger partial charge in [-0.25, -0.2) is 14.4 Å². The Hall–Kier alpha value is -13.7. The molecule has 7 rings (SSSR count). The van der Waals surface area contributed by atoms with E-state index in [9.17, 15) is 132 Å². The van der Waals surface area contributed by atoms with E-state index >= 15 is 0 Å². The number of hydrogen-bond acceptors (Lipinski definition) is 41. The Labute approximate surface area is 673 Å². The number of benzene rings is 7. The molecule has 0 spiro atoms. The molecule has 7 aromatic carbocycles. The number of aromatic hydroxyl groups is 3. The summed E-state index contributed by atoms with van der Waals surface area (Å²) in [5.74, 6) is -4.88. The summed E-state index contributed by atoms with van der Waals surface area (Å²) in [6.07, 6.45) is 7.90. The number of nitrogens with two attached hydrogens (primary N) is 8. The van der Waals surface area contributed by atoms with Gasteiger partial charge >= 0.3 is 106 Å². The molecule has 0 unspecified atom stereocenters. The molecule has 0 heterocycles. The topological polar surface area (TPSA) is 865 Å². The van der Waals surface area contributed by atoms with Crippen molar-refractivity contribution in [3.05, 3.63) is 222 Å². The van der Waals surface area contributed by atoms with Crippen LogP contribution in [-0.4, -0.2) is 142 Å². The van der Waals surface area contributed by atoms with Crippen molar-refractivity contribution >= 4 is 147 Å². The number of ketones is 1. The number of rotatable bonds is 27. The third-order valence-electron chi connectivity index (χ3n) is 11.4. The van der Waals surface area contributed by atoms with Gasteiger partial charge in [0.05, 0.1) is 47.7 Å². The average molecular weight is 1840 g/mol. The molecule has 0 saturated carbocycles. The van der Waals surface area contributed by atoms with Crippen molar-refractivity contribution in [2.45, 2.75) is 6.92 Å². The summed E-state index contributed by atoms with van der Waals surface area (Å²) in [7, 11) is -30.1. The molecule has 0 fully saturated rings. The number of phenolic OH excluding ortho intramolecular Hbond substituents is 3. The first kappa shape index (κ1) is 103. The Morgan fingerprint density at radius 1 is 0.378 bits per heavy atom. The number of para-hydroxylation sites is 2.